The zero-order valence-electron chi connectivity index (χ0n) is 12.7. The summed E-state index contributed by atoms with van der Waals surface area (Å²) in [7, 11) is -3.31. The number of nitrogens with one attached hydrogen (secondary N) is 2. The van der Waals surface area contributed by atoms with Crippen molar-refractivity contribution in [2.24, 2.45) is 5.92 Å². The van der Waals surface area contributed by atoms with Gasteiger partial charge in [0.05, 0.1) is 0 Å². The van der Waals surface area contributed by atoms with Gasteiger partial charge in [0, 0.05) is 11.4 Å². The van der Waals surface area contributed by atoms with Crippen LogP contribution in [-0.2, 0) is 16.4 Å². The van der Waals surface area contributed by atoms with Crippen molar-refractivity contribution >= 4 is 21.4 Å². The lowest BCUT2D eigenvalue weighted by molar-refractivity contribution is 0.496. The summed E-state index contributed by atoms with van der Waals surface area (Å²) >= 11 is 1.38. The molecule has 1 aromatic heterocycles. The third-order valence-corrected chi connectivity index (χ3v) is 7.12. The molecule has 0 amide bonds. The molecular formula is C15H26N2O2S2. The van der Waals surface area contributed by atoms with Crippen LogP contribution in [0.15, 0.2) is 16.3 Å². The van der Waals surface area contributed by atoms with Gasteiger partial charge < -0.3 is 5.32 Å². The average molecular weight is 331 g/mol. The van der Waals surface area contributed by atoms with E-state index in [0.717, 1.165) is 30.8 Å². The average Bonchev–Trinajstić information content (AvgIpc) is 3.10. The Balaban J connectivity index is 1.80. The molecule has 0 bridgehead atoms. The Labute approximate surface area is 132 Å². The molecule has 120 valence electrons. The van der Waals surface area contributed by atoms with Gasteiger partial charge >= 0.3 is 0 Å². The predicted molar refractivity (Wildman–Crippen MR) is 88.3 cm³/mol. The second kappa shape index (κ2) is 8.27. The molecule has 1 heterocycles. The van der Waals surface area contributed by atoms with Crippen LogP contribution in [0, 0.1) is 5.92 Å². The van der Waals surface area contributed by atoms with Crippen LogP contribution < -0.4 is 10.0 Å². The third kappa shape index (κ3) is 5.36. The number of hydrogen-bond donors (Lipinski definition) is 2. The number of hydrogen-bond acceptors (Lipinski definition) is 4. The summed E-state index contributed by atoms with van der Waals surface area (Å²) in [6, 6.07) is 3.65. The minimum absolute atomic E-state index is 0.445. The van der Waals surface area contributed by atoms with Crippen molar-refractivity contribution in [1.82, 2.24) is 10.0 Å². The molecule has 0 aliphatic heterocycles. The van der Waals surface area contributed by atoms with Gasteiger partial charge in [-0.3, -0.25) is 0 Å². The zero-order valence-corrected chi connectivity index (χ0v) is 14.4. The molecule has 6 heteroatoms. The number of likely N-dealkylation sites (N-methyl/N-ethyl adjacent to an activating group) is 1. The molecule has 0 spiro atoms. The fraction of sp³-hybridized carbons (Fsp3) is 0.733. The van der Waals surface area contributed by atoms with Gasteiger partial charge in [0.2, 0.25) is 10.0 Å². The van der Waals surface area contributed by atoms with Gasteiger partial charge in [0.1, 0.15) is 4.21 Å². The Bertz CT molecular complexity index is 520. The summed E-state index contributed by atoms with van der Waals surface area (Å²) in [5.74, 6) is 0.715. The molecule has 0 unspecified atom stereocenters. The highest BCUT2D eigenvalue weighted by Crippen LogP contribution is 2.27. The van der Waals surface area contributed by atoms with Gasteiger partial charge in [-0.05, 0) is 44.0 Å². The second-order valence-electron chi connectivity index (χ2n) is 5.66. The molecule has 4 nitrogen and oxygen atoms in total. The Hall–Kier alpha value is -0.430. The molecule has 2 N–H and O–H groups in total. The quantitative estimate of drug-likeness (QED) is 0.685. The normalized spacial score (nSPS) is 16.6. The van der Waals surface area contributed by atoms with E-state index in [2.05, 4.69) is 17.0 Å². The molecule has 1 fully saturated rings. The first kappa shape index (κ1) is 16.9. The van der Waals surface area contributed by atoms with Gasteiger partial charge in [-0.25, -0.2) is 13.1 Å². The highest BCUT2D eigenvalue weighted by Gasteiger charge is 2.19. The zero-order chi connectivity index (χ0) is 15.1. The van der Waals surface area contributed by atoms with Crippen molar-refractivity contribution in [2.45, 2.75) is 49.7 Å². The van der Waals surface area contributed by atoms with E-state index in [1.54, 1.807) is 6.07 Å². The molecule has 21 heavy (non-hydrogen) atoms. The van der Waals surface area contributed by atoms with Gasteiger partial charge in [-0.2, -0.15) is 0 Å². The van der Waals surface area contributed by atoms with Crippen LogP contribution in [0.3, 0.4) is 0 Å². The molecule has 1 saturated carbocycles. The van der Waals surface area contributed by atoms with Crippen molar-refractivity contribution in [2.75, 3.05) is 19.6 Å². The predicted octanol–water partition coefficient (Wildman–Crippen LogP) is 2.76. The van der Waals surface area contributed by atoms with Crippen LogP contribution >= 0.6 is 11.3 Å². The SMILES string of the molecule is CCNCCc1ccc(S(=O)(=O)NCCC2CCCC2)s1. The maximum atomic E-state index is 12.2. The van der Waals surface area contributed by atoms with Crippen LogP contribution in [0.2, 0.25) is 0 Å². The fourth-order valence-electron chi connectivity index (χ4n) is 2.79. The lowest BCUT2D eigenvalue weighted by atomic mass is 10.1. The fourth-order valence-corrected chi connectivity index (χ4v) is 5.24. The number of rotatable bonds is 9. The largest absolute Gasteiger partial charge is 0.317 e. The Morgan fingerprint density at radius 3 is 2.71 bits per heavy atom. The summed E-state index contributed by atoms with van der Waals surface area (Å²) in [5.41, 5.74) is 0. The highest BCUT2D eigenvalue weighted by atomic mass is 32.2. The lowest BCUT2D eigenvalue weighted by Gasteiger charge is -2.09. The standard InChI is InChI=1S/C15H26N2O2S2/c1-2-16-11-10-14-7-8-15(20-14)21(18,19)17-12-9-13-5-3-4-6-13/h7-8,13,16-17H,2-6,9-12H2,1H3. The lowest BCUT2D eigenvalue weighted by Crippen LogP contribution is -2.25. The number of thiophene rings is 1. The number of sulfonamides is 1. The molecule has 1 aliphatic rings. The molecular weight excluding hydrogens is 304 g/mol. The maximum Gasteiger partial charge on any atom is 0.250 e. The Kier molecular flexibility index (Phi) is 6.67. The second-order valence-corrected chi connectivity index (χ2v) is 8.82. The molecule has 2 rings (SSSR count). The van der Waals surface area contributed by atoms with Crippen molar-refractivity contribution in [1.29, 1.82) is 0 Å². The molecule has 1 aromatic rings. The third-order valence-electron chi connectivity index (χ3n) is 4.02. The summed E-state index contributed by atoms with van der Waals surface area (Å²) in [6.45, 7) is 4.47. The summed E-state index contributed by atoms with van der Waals surface area (Å²) in [5, 5.41) is 3.25. The van der Waals surface area contributed by atoms with Crippen molar-refractivity contribution in [3.05, 3.63) is 17.0 Å². The van der Waals surface area contributed by atoms with Crippen molar-refractivity contribution in [3.63, 3.8) is 0 Å². The van der Waals surface area contributed by atoms with Crippen LogP contribution in [0.4, 0.5) is 0 Å². The highest BCUT2D eigenvalue weighted by molar-refractivity contribution is 7.91. The monoisotopic (exact) mass is 330 g/mol. The molecule has 1 aliphatic carbocycles. The van der Waals surface area contributed by atoms with Crippen LogP contribution in [0.25, 0.3) is 0 Å². The Morgan fingerprint density at radius 2 is 2.00 bits per heavy atom. The van der Waals surface area contributed by atoms with Crippen LogP contribution in [-0.4, -0.2) is 28.1 Å². The van der Waals surface area contributed by atoms with Crippen molar-refractivity contribution < 1.29 is 8.42 Å². The minimum atomic E-state index is -3.31. The molecule has 0 aromatic carbocycles. The van der Waals surface area contributed by atoms with Gasteiger partial charge in [-0.1, -0.05) is 32.6 Å². The first-order valence-corrected chi connectivity index (χ1v) is 10.2. The van der Waals surface area contributed by atoms with Gasteiger partial charge in [0.25, 0.3) is 0 Å². The first-order valence-electron chi connectivity index (χ1n) is 7.91. The van der Waals surface area contributed by atoms with E-state index in [1.807, 2.05) is 6.07 Å². The topological polar surface area (TPSA) is 58.2 Å². The van der Waals surface area contributed by atoms with E-state index < -0.39 is 10.0 Å². The minimum Gasteiger partial charge on any atom is -0.317 e. The van der Waals surface area contributed by atoms with Gasteiger partial charge in [0.15, 0.2) is 0 Å². The van der Waals surface area contributed by atoms with Crippen LogP contribution in [0.5, 0.6) is 0 Å². The van der Waals surface area contributed by atoms with Gasteiger partial charge in [-0.15, -0.1) is 11.3 Å². The molecule has 0 radical (unpaired) electrons. The van der Waals surface area contributed by atoms with E-state index in [0.29, 0.717) is 16.7 Å². The van der Waals surface area contributed by atoms with Crippen LogP contribution in [0.1, 0.15) is 43.9 Å². The van der Waals surface area contributed by atoms with E-state index >= 15 is 0 Å². The first-order chi connectivity index (χ1) is 10.1. The van der Waals surface area contributed by atoms with E-state index in [4.69, 9.17) is 0 Å². The van der Waals surface area contributed by atoms with E-state index in [9.17, 15) is 8.42 Å². The maximum absolute atomic E-state index is 12.2. The smallest absolute Gasteiger partial charge is 0.250 e. The Morgan fingerprint density at radius 1 is 1.24 bits per heavy atom. The van der Waals surface area contributed by atoms with Crippen molar-refractivity contribution in [3.8, 4) is 0 Å². The molecule has 0 saturated heterocycles. The van der Waals surface area contributed by atoms with E-state index in [-0.39, 0.29) is 0 Å². The molecule has 0 atom stereocenters. The van der Waals surface area contributed by atoms with E-state index in [1.165, 1.54) is 37.0 Å². The summed E-state index contributed by atoms with van der Waals surface area (Å²) < 4.78 is 27.7. The summed E-state index contributed by atoms with van der Waals surface area (Å²) in [6.07, 6.45) is 6.98. The summed E-state index contributed by atoms with van der Waals surface area (Å²) in [4.78, 5) is 1.12.